The van der Waals surface area contributed by atoms with E-state index >= 15 is 0 Å². The van der Waals surface area contributed by atoms with Gasteiger partial charge in [-0.05, 0) is 27.7 Å². The summed E-state index contributed by atoms with van der Waals surface area (Å²) in [5.41, 5.74) is -0.0195. The summed E-state index contributed by atoms with van der Waals surface area (Å²) < 4.78 is 1.91. The van der Waals surface area contributed by atoms with Gasteiger partial charge in [-0.1, -0.05) is 0 Å². The number of rotatable bonds is 0. The Morgan fingerprint density at radius 1 is 1.42 bits per heavy atom. The van der Waals surface area contributed by atoms with Crippen LogP contribution in [0.1, 0.15) is 27.7 Å². The lowest BCUT2D eigenvalue weighted by Gasteiger charge is -2.13. The number of nitrogens with zero attached hydrogens (tertiary/aromatic N) is 3. The van der Waals surface area contributed by atoms with E-state index < -0.39 is 0 Å². The first-order chi connectivity index (χ1) is 5.49. The summed E-state index contributed by atoms with van der Waals surface area (Å²) in [6.07, 6.45) is 5.40. The molecule has 12 heavy (non-hydrogen) atoms. The average Bonchev–Trinajstić information content (AvgIpc) is 2.32. The molecule has 0 radical (unpaired) electrons. The third kappa shape index (κ3) is 2.49. The molecule has 1 rings (SSSR count). The monoisotopic (exact) mass is 165 g/mol. The first-order valence-electron chi connectivity index (χ1n) is 4.04. The SMILES string of the molecule is CC(=NC(C)(C)C)n1ccnc1. The number of imidazole rings is 1. The van der Waals surface area contributed by atoms with E-state index in [0.717, 1.165) is 5.84 Å². The Hall–Kier alpha value is -1.12. The average molecular weight is 165 g/mol. The second-order valence-electron chi connectivity index (χ2n) is 3.80. The fourth-order valence-corrected chi connectivity index (χ4v) is 0.994. The highest BCUT2D eigenvalue weighted by atomic mass is 15.1. The molecule has 0 atom stereocenters. The second kappa shape index (κ2) is 3.09. The van der Waals surface area contributed by atoms with Crippen LogP contribution < -0.4 is 0 Å². The fourth-order valence-electron chi connectivity index (χ4n) is 0.994. The minimum absolute atomic E-state index is 0.0195. The number of hydrogen-bond donors (Lipinski definition) is 0. The summed E-state index contributed by atoms with van der Waals surface area (Å²) in [6, 6.07) is 0. The maximum absolute atomic E-state index is 4.49. The van der Waals surface area contributed by atoms with Crippen LogP contribution in [0.3, 0.4) is 0 Å². The normalized spacial score (nSPS) is 13.5. The molecule has 3 nitrogen and oxygen atoms in total. The largest absolute Gasteiger partial charge is 0.295 e. The molecule has 0 saturated carbocycles. The molecule has 0 aromatic carbocycles. The molecule has 0 fully saturated rings. The van der Waals surface area contributed by atoms with Crippen molar-refractivity contribution in [3.63, 3.8) is 0 Å². The van der Waals surface area contributed by atoms with Gasteiger partial charge in [0.05, 0.1) is 5.54 Å². The zero-order chi connectivity index (χ0) is 9.19. The van der Waals surface area contributed by atoms with Crippen molar-refractivity contribution in [3.8, 4) is 0 Å². The molecule has 0 N–H and O–H groups in total. The van der Waals surface area contributed by atoms with E-state index in [1.807, 2.05) is 17.7 Å². The Kier molecular flexibility index (Phi) is 2.31. The summed E-state index contributed by atoms with van der Waals surface area (Å²) in [5.74, 6) is 0.972. The van der Waals surface area contributed by atoms with Crippen molar-refractivity contribution < 1.29 is 0 Å². The topological polar surface area (TPSA) is 30.2 Å². The van der Waals surface area contributed by atoms with Crippen molar-refractivity contribution in [1.29, 1.82) is 0 Å². The van der Waals surface area contributed by atoms with Crippen molar-refractivity contribution in [2.75, 3.05) is 0 Å². The molecular formula is C9H15N3. The van der Waals surface area contributed by atoms with Gasteiger partial charge in [-0.3, -0.25) is 9.56 Å². The van der Waals surface area contributed by atoms with Crippen LogP contribution in [-0.4, -0.2) is 20.9 Å². The maximum atomic E-state index is 4.49. The Bertz CT molecular complexity index is 264. The molecule has 0 spiro atoms. The molecule has 0 unspecified atom stereocenters. The summed E-state index contributed by atoms with van der Waals surface area (Å²) in [6.45, 7) is 8.21. The minimum atomic E-state index is -0.0195. The quantitative estimate of drug-likeness (QED) is 0.427. The van der Waals surface area contributed by atoms with Gasteiger partial charge in [0.15, 0.2) is 0 Å². The molecule has 1 heterocycles. The Morgan fingerprint density at radius 3 is 2.50 bits per heavy atom. The molecule has 66 valence electrons. The zero-order valence-corrected chi connectivity index (χ0v) is 8.07. The molecular weight excluding hydrogens is 150 g/mol. The van der Waals surface area contributed by atoms with Crippen LogP contribution in [0.15, 0.2) is 23.7 Å². The van der Waals surface area contributed by atoms with Gasteiger partial charge < -0.3 is 0 Å². The first-order valence-corrected chi connectivity index (χ1v) is 4.04. The van der Waals surface area contributed by atoms with Gasteiger partial charge in [0.2, 0.25) is 0 Å². The van der Waals surface area contributed by atoms with Crippen LogP contribution in [0, 0.1) is 0 Å². The predicted molar refractivity (Wildman–Crippen MR) is 50.5 cm³/mol. The molecule has 0 aliphatic rings. The lowest BCUT2D eigenvalue weighted by Crippen LogP contribution is -2.16. The molecule has 1 aromatic rings. The molecule has 1 aromatic heterocycles. The van der Waals surface area contributed by atoms with E-state index in [1.165, 1.54) is 0 Å². The van der Waals surface area contributed by atoms with Crippen LogP contribution in [0.5, 0.6) is 0 Å². The van der Waals surface area contributed by atoms with Crippen molar-refractivity contribution in [2.45, 2.75) is 33.2 Å². The maximum Gasteiger partial charge on any atom is 0.106 e. The van der Waals surface area contributed by atoms with Gasteiger partial charge in [-0.15, -0.1) is 0 Å². The van der Waals surface area contributed by atoms with Crippen molar-refractivity contribution in [2.24, 2.45) is 4.99 Å². The van der Waals surface area contributed by atoms with E-state index in [9.17, 15) is 0 Å². The van der Waals surface area contributed by atoms with Crippen molar-refractivity contribution >= 4 is 5.84 Å². The van der Waals surface area contributed by atoms with Gasteiger partial charge in [0, 0.05) is 12.4 Å². The predicted octanol–water partition coefficient (Wildman–Crippen LogP) is 1.95. The van der Waals surface area contributed by atoms with E-state index in [2.05, 4.69) is 30.7 Å². The van der Waals surface area contributed by atoms with Crippen LogP contribution in [0.4, 0.5) is 0 Å². The Labute approximate surface area is 73.2 Å². The van der Waals surface area contributed by atoms with Crippen molar-refractivity contribution in [3.05, 3.63) is 18.7 Å². The number of aromatic nitrogens is 2. The highest BCUT2D eigenvalue weighted by molar-refractivity contribution is 5.82. The highest BCUT2D eigenvalue weighted by Gasteiger charge is 2.07. The van der Waals surface area contributed by atoms with Crippen molar-refractivity contribution in [1.82, 2.24) is 9.55 Å². The molecule has 0 aliphatic carbocycles. The van der Waals surface area contributed by atoms with E-state index in [4.69, 9.17) is 0 Å². The van der Waals surface area contributed by atoms with E-state index in [-0.39, 0.29) is 5.54 Å². The number of aliphatic imine (C=N–C) groups is 1. The van der Waals surface area contributed by atoms with Crippen LogP contribution >= 0.6 is 0 Å². The lowest BCUT2D eigenvalue weighted by atomic mass is 10.1. The van der Waals surface area contributed by atoms with Crippen LogP contribution in [0.25, 0.3) is 0 Å². The molecule has 0 amide bonds. The second-order valence-corrected chi connectivity index (χ2v) is 3.80. The van der Waals surface area contributed by atoms with Gasteiger partial charge in [0.25, 0.3) is 0 Å². The third-order valence-electron chi connectivity index (χ3n) is 1.38. The van der Waals surface area contributed by atoms with E-state index in [0.29, 0.717) is 0 Å². The summed E-state index contributed by atoms with van der Waals surface area (Å²) in [5, 5.41) is 0. The summed E-state index contributed by atoms with van der Waals surface area (Å²) in [7, 11) is 0. The van der Waals surface area contributed by atoms with E-state index in [1.54, 1.807) is 12.5 Å². The lowest BCUT2D eigenvalue weighted by molar-refractivity contribution is 0.580. The first kappa shape index (κ1) is 8.97. The number of hydrogen-bond acceptors (Lipinski definition) is 2. The Morgan fingerprint density at radius 2 is 2.08 bits per heavy atom. The molecule has 3 heteroatoms. The third-order valence-corrected chi connectivity index (χ3v) is 1.38. The van der Waals surface area contributed by atoms with Gasteiger partial charge in [-0.25, -0.2) is 4.98 Å². The molecule has 0 aliphatic heterocycles. The molecule has 0 saturated heterocycles. The summed E-state index contributed by atoms with van der Waals surface area (Å²) in [4.78, 5) is 8.45. The minimum Gasteiger partial charge on any atom is -0.295 e. The molecule has 0 bridgehead atoms. The van der Waals surface area contributed by atoms with Gasteiger partial charge in [-0.2, -0.15) is 0 Å². The van der Waals surface area contributed by atoms with Gasteiger partial charge >= 0.3 is 0 Å². The van der Waals surface area contributed by atoms with Gasteiger partial charge in [0.1, 0.15) is 12.2 Å². The standard InChI is InChI=1S/C9H15N3/c1-8(11-9(2,3)4)12-6-5-10-7-12/h5-7H,1-4H3. The zero-order valence-electron chi connectivity index (χ0n) is 8.07. The van der Waals surface area contributed by atoms with Crippen LogP contribution in [-0.2, 0) is 0 Å². The smallest absolute Gasteiger partial charge is 0.106 e. The summed E-state index contributed by atoms with van der Waals surface area (Å²) >= 11 is 0. The van der Waals surface area contributed by atoms with Crippen LogP contribution in [0.2, 0.25) is 0 Å². The Balaban J connectivity index is 2.85. The highest BCUT2D eigenvalue weighted by Crippen LogP contribution is 2.07. The fraction of sp³-hybridized carbons (Fsp3) is 0.556.